The van der Waals surface area contributed by atoms with Crippen molar-refractivity contribution in [1.29, 1.82) is 0 Å². The molecule has 0 saturated carbocycles. The van der Waals surface area contributed by atoms with E-state index in [1.54, 1.807) is 0 Å². The van der Waals surface area contributed by atoms with Crippen molar-refractivity contribution < 1.29 is 14.6 Å². The van der Waals surface area contributed by atoms with Gasteiger partial charge in [0, 0.05) is 39.5 Å². The standard InChI is InChI=1S/C31H27ClN4O3S2/c1-16-12-21-27(25(17-6-9-20(32)10-7-17)24(16)26(30(37)38)39-31(2,3)4)41-29(34-21)28-35-22(15-40-28)18-8-11-23-19(13-18)14-33-36(23)5/h6-15,26H,1-5H3,(H,37,38)/t26-/m0/s1. The van der Waals surface area contributed by atoms with Gasteiger partial charge < -0.3 is 9.84 Å². The molecular formula is C31H27ClN4O3S2. The van der Waals surface area contributed by atoms with Crippen molar-refractivity contribution in [3.63, 3.8) is 0 Å². The quantitative estimate of drug-likeness (QED) is 0.205. The molecule has 0 fully saturated rings. The van der Waals surface area contributed by atoms with E-state index in [4.69, 9.17) is 26.3 Å². The second-order valence-corrected chi connectivity index (χ2v) is 13.2. The number of aliphatic carboxylic acids is 1. The van der Waals surface area contributed by atoms with Crippen LogP contribution in [-0.4, -0.2) is 36.4 Å². The maximum absolute atomic E-state index is 12.6. The number of aromatic nitrogens is 4. The SMILES string of the molecule is Cc1cc2nc(-c3nc(-c4ccc5c(cnn5C)c4)cs3)sc2c(-c2ccc(Cl)cc2)c1[C@H](OC(C)(C)C)C(=O)O. The minimum absolute atomic E-state index is 0.602. The summed E-state index contributed by atoms with van der Waals surface area (Å²) in [5.41, 5.74) is 6.10. The largest absolute Gasteiger partial charge is 0.479 e. The molecule has 0 bridgehead atoms. The van der Waals surface area contributed by atoms with Crippen LogP contribution in [0.5, 0.6) is 0 Å². The molecule has 1 N–H and O–H groups in total. The molecular weight excluding hydrogens is 576 g/mol. The van der Waals surface area contributed by atoms with Crippen LogP contribution in [0.4, 0.5) is 0 Å². The minimum Gasteiger partial charge on any atom is -0.479 e. The van der Waals surface area contributed by atoms with Gasteiger partial charge in [0.05, 0.1) is 33.2 Å². The van der Waals surface area contributed by atoms with Crippen molar-refractivity contribution in [1.82, 2.24) is 19.7 Å². The highest BCUT2D eigenvalue weighted by Crippen LogP contribution is 2.45. The highest BCUT2D eigenvalue weighted by atomic mass is 35.5. The molecule has 0 aliphatic heterocycles. The Kier molecular flexibility index (Phi) is 6.94. The molecule has 3 heterocycles. The number of nitrogens with zero attached hydrogens (tertiary/aromatic N) is 4. The van der Waals surface area contributed by atoms with Gasteiger partial charge in [-0.25, -0.2) is 14.8 Å². The number of hydrogen-bond donors (Lipinski definition) is 1. The number of carboxylic acids is 1. The highest BCUT2D eigenvalue weighted by Gasteiger charge is 2.32. The molecule has 208 valence electrons. The Morgan fingerprint density at radius 1 is 1.05 bits per heavy atom. The minimum atomic E-state index is -1.16. The van der Waals surface area contributed by atoms with Crippen molar-refractivity contribution in [2.45, 2.75) is 39.4 Å². The lowest BCUT2D eigenvalue weighted by Crippen LogP contribution is -2.28. The van der Waals surface area contributed by atoms with E-state index in [0.717, 1.165) is 59.1 Å². The molecule has 0 spiro atoms. The van der Waals surface area contributed by atoms with Crippen LogP contribution in [0.25, 0.3) is 53.5 Å². The van der Waals surface area contributed by atoms with Gasteiger partial charge >= 0.3 is 5.97 Å². The number of rotatable bonds is 6. The maximum Gasteiger partial charge on any atom is 0.337 e. The molecule has 6 aromatic rings. The Morgan fingerprint density at radius 2 is 1.78 bits per heavy atom. The second kappa shape index (κ2) is 10.3. The van der Waals surface area contributed by atoms with Gasteiger partial charge in [-0.15, -0.1) is 22.7 Å². The number of carbonyl (C=O) groups is 1. The first kappa shape index (κ1) is 27.5. The van der Waals surface area contributed by atoms with Crippen molar-refractivity contribution in [3.05, 3.63) is 76.3 Å². The average molecular weight is 603 g/mol. The molecule has 0 aliphatic rings. The fourth-order valence-electron chi connectivity index (χ4n) is 4.96. The van der Waals surface area contributed by atoms with E-state index in [0.29, 0.717) is 10.6 Å². The molecule has 0 amide bonds. The fourth-order valence-corrected chi connectivity index (χ4v) is 7.07. The third-order valence-electron chi connectivity index (χ3n) is 6.75. The molecule has 41 heavy (non-hydrogen) atoms. The summed E-state index contributed by atoms with van der Waals surface area (Å²) >= 11 is 9.26. The van der Waals surface area contributed by atoms with E-state index in [-0.39, 0.29) is 0 Å². The normalized spacial score (nSPS) is 12.8. The van der Waals surface area contributed by atoms with Crippen LogP contribution < -0.4 is 0 Å². The number of fused-ring (bicyclic) bond motifs is 2. The highest BCUT2D eigenvalue weighted by molar-refractivity contribution is 7.25. The zero-order valence-corrected chi connectivity index (χ0v) is 25.5. The van der Waals surface area contributed by atoms with E-state index >= 15 is 0 Å². The smallest absolute Gasteiger partial charge is 0.337 e. The Balaban J connectivity index is 1.51. The van der Waals surface area contributed by atoms with Gasteiger partial charge in [0.15, 0.2) is 16.1 Å². The van der Waals surface area contributed by atoms with Gasteiger partial charge in [0.1, 0.15) is 0 Å². The number of hydrogen-bond acceptors (Lipinski definition) is 7. The van der Waals surface area contributed by atoms with Crippen molar-refractivity contribution in [3.8, 4) is 32.4 Å². The first-order chi connectivity index (χ1) is 19.5. The topological polar surface area (TPSA) is 90.1 Å². The van der Waals surface area contributed by atoms with Gasteiger partial charge in [-0.3, -0.25) is 4.68 Å². The van der Waals surface area contributed by atoms with E-state index in [2.05, 4.69) is 23.3 Å². The number of benzene rings is 3. The van der Waals surface area contributed by atoms with Gasteiger partial charge in [-0.05, 0) is 69.2 Å². The maximum atomic E-state index is 12.6. The van der Waals surface area contributed by atoms with Crippen LogP contribution in [0, 0.1) is 6.92 Å². The lowest BCUT2D eigenvalue weighted by atomic mass is 9.91. The van der Waals surface area contributed by atoms with Gasteiger partial charge in [0.2, 0.25) is 0 Å². The van der Waals surface area contributed by atoms with Crippen LogP contribution in [-0.2, 0) is 16.6 Å². The molecule has 0 aliphatic carbocycles. The van der Waals surface area contributed by atoms with Crippen LogP contribution in [0.15, 0.2) is 60.1 Å². The summed E-state index contributed by atoms with van der Waals surface area (Å²) in [6, 6.07) is 15.6. The monoisotopic (exact) mass is 602 g/mol. The molecule has 7 nitrogen and oxygen atoms in total. The third-order valence-corrected chi connectivity index (χ3v) is 9.07. The Hall–Kier alpha value is -3.63. The molecule has 6 rings (SSSR count). The zero-order valence-electron chi connectivity index (χ0n) is 23.1. The first-order valence-electron chi connectivity index (χ1n) is 13.0. The van der Waals surface area contributed by atoms with Gasteiger partial charge in [-0.2, -0.15) is 5.10 Å². The Morgan fingerprint density at radius 3 is 2.49 bits per heavy atom. The summed E-state index contributed by atoms with van der Waals surface area (Å²) in [6.45, 7) is 7.48. The molecule has 0 unspecified atom stereocenters. The summed E-state index contributed by atoms with van der Waals surface area (Å²) in [4.78, 5) is 22.5. The molecule has 3 aromatic carbocycles. The number of thiazole rings is 2. The fraction of sp³-hybridized carbons (Fsp3) is 0.226. The van der Waals surface area contributed by atoms with E-state index in [9.17, 15) is 9.90 Å². The molecule has 3 aromatic heterocycles. The summed E-state index contributed by atoms with van der Waals surface area (Å²) in [5, 5.41) is 19.9. The number of ether oxygens (including phenoxy) is 1. The van der Waals surface area contributed by atoms with E-state index in [1.165, 1.54) is 22.7 Å². The summed E-state index contributed by atoms with van der Waals surface area (Å²) < 4.78 is 8.84. The van der Waals surface area contributed by atoms with Crippen LogP contribution in [0.3, 0.4) is 0 Å². The number of halogens is 1. The van der Waals surface area contributed by atoms with Gasteiger partial charge in [0.25, 0.3) is 0 Å². The summed E-state index contributed by atoms with van der Waals surface area (Å²) in [5.74, 6) is -1.04. The molecule has 10 heteroatoms. The average Bonchev–Trinajstić information content (AvgIpc) is 3.65. The molecule has 1 atom stereocenters. The predicted molar refractivity (Wildman–Crippen MR) is 167 cm³/mol. The van der Waals surface area contributed by atoms with Crippen LogP contribution in [0.2, 0.25) is 5.02 Å². The number of aryl methyl sites for hydroxylation is 2. The third kappa shape index (κ3) is 5.26. The molecule has 0 radical (unpaired) electrons. The second-order valence-electron chi connectivity index (χ2n) is 10.9. The Bertz CT molecular complexity index is 1930. The zero-order chi connectivity index (χ0) is 29.1. The van der Waals surface area contributed by atoms with Crippen molar-refractivity contribution in [2.24, 2.45) is 7.05 Å². The van der Waals surface area contributed by atoms with Crippen molar-refractivity contribution in [2.75, 3.05) is 0 Å². The van der Waals surface area contributed by atoms with Crippen LogP contribution in [0.1, 0.15) is 38.0 Å². The number of carboxylic acid groups (broad SMARTS) is 1. The lowest BCUT2D eigenvalue weighted by Gasteiger charge is -2.28. The summed E-state index contributed by atoms with van der Waals surface area (Å²) in [6.07, 6.45) is 0.690. The van der Waals surface area contributed by atoms with Crippen molar-refractivity contribution >= 4 is 61.4 Å². The first-order valence-corrected chi connectivity index (χ1v) is 15.0. The lowest BCUT2D eigenvalue weighted by molar-refractivity contribution is -0.160. The van der Waals surface area contributed by atoms with E-state index in [1.807, 2.05) is 81.3 Å². The van der Waals surface area contributed by atoms with Gasteiger partial charge in [-0.1, -0.05) is 29.8 Å². The van der Waals surface area contributed by atoms with Crippen LogP contribution >= 0.6 is 34.3 Å². The summed E-state index contributed by atoms with van der Waals surface area (Å²) in [7, 11) is 1.93. The predicted octanol–water partition coefficient (Wildman–Crippen LogP) is 8.54. The van der Waals surface area contributed by atoms with E-state index < -0.39 is 17.7 Å². The molecule has 0 saturated heterocycles. The Labute approximate surface area is 250 Å².